The molecule has 0 saturated carbocycles. The molecular weight excluding hydrogens is 292 g/mol. The second-order valence-electron chi connectivity index (χ2n) is 4.91. The molecule has 0 N–H and O–H groups in total. The normalized spacial score (nSPS) is 10.8. The van der Waals surface area contributed by atoms with Crippen LogP contribution < -0.4 is 4.74 Å². The number of hydrogen-bond donors (Lipinski definition) is 0. The Bertz CT molecular complexity index is 976. The lowest BCUT2D eigenvalue weighted by atomic mass is 10.1. The Kier molecular flexibility index (Phi) is 3.20. The van der Waals surface area contributed by atoms with E-state index in [1.165, 1.54) is 0 Å². The fourth-order valence-corrected chi connectivity index (χ4v) is 2.39. The van der Waals surface area contributed by atoms with Crippen LogP contribution in [0.1, 0.15) is 0 Å². The molecule has 0 unspecified atom stereocenters. The fraction of sp³-hybridized carbons (Fsp3) is 0.0588. The molecule has 112 valence electrons. The van der Waals surface area contributed by atoms with E-state index in [9.17, 15) is 0 Å². The van der Waals surface area contributed by atoms with E-state index in [0.29, 0.717) is 11.7 Å². The molecule has 0 fully saturated rings. The zero-order valence-electron chi connectivity index (χ0n) is 12.3. The highest BCUT2D eigenvalue weighted by Crippen LogP contribution is 2.28. The largest absolute Gasteiger partial charge is 0.497 e. The molecule has 4 aromatic rings. The van der Waals surface area contributed by atoms with Crippen LogP contribution in [0.2, 0.25) is 0 Å². The van der Waals surface area contributed by atoms with Crippen molar-refractivity contribution in [3.8, 4) is 28.6 Å². The van der Waals surface area contributed by atoms with Gasteiger partial charge in [-0.15, -0.1) is 0 Å². The number of benzene rings is 1. The van der Waals surface area contributed by atoms with Crippen LogP contribution in [0.25, 0.3) is 33.7 Å². The molecular formula is C17H12N4O2. The Hall–Kier alpha value is -3.28. The molecule has 0 atom stereocenters. The van der Waals surface area contributed by atoms with Gasteiger partial charge in [0.15, 0.2) is 0 Å². The number of hydrogen-bond acceptors (Lipinski definition) is 6. The summed E-state index contributed by atoms with van der Waals surface area (Å²) in [6.07, 6.45) is 5.16. The van der Waals surface area contributed by atoms with Crippen molar-refractivity contribution in [2.75, 3.05) is 7.11 Å². The molecule has 0 saturated heterocycles. The fourth-order valence-electron chi connectivity index (χ4n) is 2.39. The predicted molar refractivity (Wildman–Crippen MR) is 84.8 cm³/mol. The Morgan fingerprint density at radius 3 is 2.96 bits per heavy atom. The van der Waals surface area contributed by atoms with Gasteiger partial charge in [0, 0.05) is 29.5 Å². The third-order valence-corrected chi connectivity index (χ3v) is 3.53. The van der Waals surface area contributed by atoms with Gasteiger partial charge in [-0.05, 0) is 24.3 Å². The zero-order valence-corrected chi connectivity index (χ0v) is 12.3. The van der Waals surface area contributed by atoms with Crippen molar-refractivity contribution in [2.45, 2.75) is 0 Å². The van der Waals surface area contributed by atoms with Gasteiger partial charge in [0.1, 0.15) is 5.75 Å². The number of methoxy groups -OCH3 is 1. The van der Waals surface area contributed by atoms with E-state index in [1.807, 2.05) is 36.4 Å². The van der Waals surface area contributed by atoms with Gasteiger partial charge in [-0.3, -0.25) is 9.97 Å². The molecule has 0 aliphatic rings. The Labute approximate surface area is 131 Å². The van der Waals surface area contributed by atoms with Gasteiger partial charge in [-0.25, -0.2) is 0 Å². The summed E-state index contributed by atoms with van der Waals surface area (Å²) in [5, 5.41) is 4.93. The molecule has 23 heavy (non-hydrogen) atoms. The molecule has 0 radical (unpaired) electrons. The van der Waals surface area contributed by atoms with Crippen LogP contribution in [0.15, 0.2) is 59.5 Å². The van der Waals surface area contributed by atoms with E-state index in [0.717, 1.165) is 27.8 Å². The summed E-state index contributed by atoms with van der Waals surface area (Å²) >= 11 is 0. The van der Waals surface area contributed by atoms with E-state index in [1.54, 1.807) is 25.7 Å². The van der Waals surface area contributed by atoms with Crippen molar-refractivity contribution in [3.05, 3.63) is 55.0 Å². The maximum atomic E-state index is 5.43. The molecule has 3 heterocycles. The van der Waals surface area contributed by atoms with Gasteiger partial charge in [0.05, 0.1) is 18.2 Å². The molecule has 0 amide bonds. The Morgan fingerprint density at radius 2 is 2.04 bits per heavy atom. The highest BCUT2D eigenvalue weighted by atomic mass is 16.5. The highest BCUT2D eigenvalue weighted by molar-refractivity contribution is 5.91. The van der Waals surface area contributed by atoms with Crippen LogP contribution in [0.3, 0.4) is 0 Å². The molecule has 3 aromatic heterocycles. The number of pyridine rings is 2. The summed E-state index contributed by atoms with van der Waals surface area (Å²) in [6.45, 7) is 0. The summed E-state index contributed by atoms with van der Waals surface area (Å²) in [7, 11) is 1.62. The lowest BCUT2D eigenvalue weighted by molar-refractivity contribution is 0.414. The second kappa shape index (κ2) is 5.49. The molecule has 0 spiro atoms. The van der Waals surface area contributed by atoms with Crippen molar-refractivity contribution in [3.63, 3.8) is 0 Å². The topological polar surface area (TPSA) is 73.9 Å². The van der Waals surface area contributed by atoms with Gasteiger partial charge in [0.25, 0.3) is 5.89 Å². The van der Waals surface area contributed by atoms with E-state index >= 15 is 0 Å². The number of aromatic nitrogens is 4. The molecule has 0 aliphatic heterocycles. The van der Waals surface area contributed by atoms with Crippen LogP contribution in [-0.4, -0.2) is 27.2 Å². The highest BCUT2D eigenvalue weighted by Gasteiger charge is 2.14. The Morgan fingerprint density at radius 1 is 1.09 bits per heavy atom. The SMILES string of the molecule is COc1cccc(-c2noc(-c3ccnc4ccncc34)n2)c1. The molecule has 1 aromatic carbocycles. The quantitative estimate of drug-likeness (QED) is 0.578. The van der Waals surface area contributed by atoms with Gasteiger partial charge < -0.3 is 9.26 Å². The van der Waals surface area contributed by atoms with Crippen LogP contribution in [0.5, 0.6) is 5.75 Å². The first kappa shape index (κ1) is 13.4. The third-order valence-electron chi connectivity index (χ3n) is 3.53. The number of fused-ring (bicyclic) bond motifs is 1. The first-order valence-electron chi connectivity index (χ1n) is 7.02. The second-order valence-corrected chi connectivity index (χ2v) is 4.91. The maximum Gasteiger partial charge on any atom is 0.259 e. The van der Waals surface area contributed by atoms with E-state index in [-0.39, 0.29) is 0 Å². The van der Waals surface area contributed by atoms with Crippen LogP contribution >= 0.6 is 0 Å². The van der Waals surface area contributed by atoms with Crippen molar-refractivity contribution >= 4 is 10.9 Å². The smallest absolute Gasteiger partial charge is 0.259 e. The molecule has 0 bridgehead atoms. The summed E-state index contributed by atoms with van der Waals surface area (Å²) in [5.74, 6) is 1.68. The van der Waals surface area contributed by atoms with E-state index < -0.39 is 0 Å². The van der Waals surface area contributed by atoms with Crippen LogP contribution in [0, 0.1) is 0 Å². The average Bonchev–Trinajstić information content (AvgIpc) is 3.11. The lowest BCUT2D eigenvalue weighted by Gasteiger charge is -2.00. The third kappa shape index (κ3) is 2.40. The van der Waals surface area contributed by atoms with Crippen LogP contribution in [0.4, 0.5) is 0 Å². The number of nitrogens with zero attached hydrogens (tertiary/aromatic N) is 4. The summed E-state index contributed by atoms with van der Waals surface area (Å²) in [5.41, 5.74) is 2.47. The standard InChI is InChI=1S/C17H12N4O2/c1-22-12-4-2-3-11(9-12)16-20-17(23-21-16)13-5-8-19-15-6-7-18-10-14(13)15/h2-10H,1H3. The first-order valence-corrected chi connectivity index (χ1v) is 7.02. The minimum atomic E-state index is 0.434. The average molecular weight is 304 g/mol. The minimum Gasteiger partial charge on any atom is -0.497 e. The predicted octanol–water partition coefficient (Wildman–Crippen LogP) is 3.36. The minimum absolute atomic E-state index is 0.434. The van der Waals surface area contributed by atoms with Gasteiger partial charge in [0.2, 0.25) is 5.82 Å². The van der Waals surface area contributed by atoms with Crippen molar-refractivity contribution in [1.29, 1.82) is 0 Å². The van der Waals surface area contributed by atoms with Crippen molar-refractivity contribution < 1.29 is 9.26 Å². The summed E-state index contributed by atoms with van der Waals surface area (Å²) in [4.78, 5) is 12.9. The summed E-state index contributed by atoms with van der Waals surface area (Å²) in [6, 6.07) is 11.2. The van der Waals surface area contributed by atoms with Crippen LogP contribution in [-0.2, 0) is 0 Å². The number of rotatable bonds is 3. The number of ether oxygens (including phenoxy) is 1. The zero-order chi connectivity index (χ0) is 15.6. The molecule has 0 aliphatic carbocycles. The Balaban J connectivity index is 1.80. The van der Waals surface area contributed by atoms with Gasteiger partial charge in [-0.1, -0.05) is 17.3 Å². The van der Waals surface area contributed by atoms with Crippen molar-refractivity contribution in [1.82, 2.24) is 20.1 Å². The van der Waals surface area contributed by atoms with Gasteiger partial charge in [-0.2, -0.15) is 4.98 Å². The van der Waals surface area contributed by atoms with E-state index in [2.05, 4.69) is 20.1 Å². The first-order chi connectivity index (χ1) is 11.3. The maximum absolute atomic E-state index is 5.43. The molecule has 4 rings (SSSR count). The van der Waals surface area contributed by atoms with Crippen molar-refractivity contribution in [2.24, 2.45) is 0 Å². The molecule has 6 nitrogen and oxygen atoms in total. The monoisotopic (exact) mass is 304 g/mol. The lowest BCUT2D eigenvalue weighted by Crippen LogP contribution is -1.87. The van der Waals surface area contributed by atoms with Gasteiger partial charge >= 0.3 is 0 Å². The van der Waals surface area contributed by atoms with E-state index in [4.69, 9.17) is 9.26 Å². The molecule has 6 heteroatoms. The summed E-state index contributed by atoms with van der Waals surface area (Å²) < 4.78 is 10.7.